The maximum Gasteiger partial charge on any atom is 0.632 e. The molecule has 0 unspecified atom stereocenters. The van der Waals surface area contributed by atoms with Gasteiger partial charge in [-0.1, -0.05) is 48.5 Å². The quantitative estimate of drug-likeness (QED) is 0.610. The summed E-state index contributed by atoms with van der Waals surface area (Å²) in [5.74, 6) is 0.708. The first-order valence-corrected chi connectivity index (χ1v) is 7.79. The molecule has 0 saturated carbocycles. The number of hydrogen-bond donors (Lipinski definition) is 0. The van der Waals surface area contributed by atoms with Crippen LogP contribution in [-0.4, -0.2) is 13.5 Å². The molecule has 0 aliphatic carbocycles. The zero-order chi connectivity index (χ0) is 18.4. The number of halogens is 3. The van der Waals surface area contributed by atoms with Gasteiger partial charge in [-0.2, -0.15) is 0 Å². The first-order valence-electron chi connectivity index (χ1n) is 7.79. The van der Waals surface area contributed by atoms with Crippen molar-refractivity contribution < 1.29 is 27.2 Å². The van der Waals surface area contributed by atoms with Gasteiger partial charge in [0.25, 0.3) is 0 Å². The highest BCUT2D eigenvalue weighted by atomic mass is 19.4. The van der Waals surface area contributed by atoms with E-state index in [0.29, 0.717) is 17.0 Å². The minimum absolute atomic E-state index is 0.340. The van der Waals surface area contributed by atoms with Crippen LogP contribution in [0.15, 0.2) is 84.9 Å². The molecule has 3 nitrogen and oxygen atoms in total. The van der Waals surface area contributed by atoms with Crippen molar-refractivity contribution >= 4 is 12.6 Å². The maximum absolute atomic E-state index is 12.5. The molecule has 0 aliphatic heterocycles. The second kappa shape index (κ2) is 7.86. The van der Waals surface area contributed by atoms with Crippen LogP contribution in [0.4, 0.5) is 13.2 Å². The minimum atomic E-state index is -4.77. The predicted octanol–water partition coefficient (Wildman–Crippen LogP) is 4.44. The van der Waals surface area contributed by atoms with Gasteiger partial charge in [-0.25, -0.2) is 0 Å². The van der Waals surface area contributed by atoms with Crippen molar-refractivity contribution in [3.8, 4) is 17.2 Å². The summed E-state index contributed by atoms with van der Waals surface area (Å²) in [4.78, 5) is 0. The summed E-state index contributed by atoms with van der Waals surface area (Å²) in [7, 11) is -0.948. The average molecular weight is 358 g/mol. The molecule has 0 atom stereocenters. The van der Waals surface area contributed by atoms with Crippen LogP contribution in [0.3, 0.4) is 0 Å². The first-order chi connectivity index (χ1) is 12.5. The molecule has 0 fully saturated rings. The van der Waals surface area contributed by atoms with E-state index in [9.17, 15) is 13.2 Å². The van der Waals surface area contributed by atoms with E-state index in [4.69, 9.17) is 9.31 Å². The van der Waals surface area contributed by atoms with Gasteiger partial charge in [-0.05, 0) is 36.4 Å². The van der Waals surface area contributed by atoms with Crippen LogP contribution < -0.4 is 19.5 Å². The fourth-order valence-corrected chi connectivity index (χ4v) is 2.26. The number of ether oxygens (including phenoxy) is 1. The molecule has 0 aliphatic rings. The molecule has 132 valence electrons. The van der Waals surface area contributed by atoms with E-state index in [1.165, 1.54) is 18.2 Å². The lowest BCUT2D eigenvalue weighted by Gasteiger charge is -2.18. The second-order valence-corrected chi connectivity index (χ2v) is 5.31. The lowest BCUT2D eigenvalue weighted by Crippen LogP contribution is -2.42. The molecule has 0 heterocycles. The zero-order valence-corrected chi connectivity index (χ0v) is 13.5. The molecule has 0 amide bonds. The molecule has 0 bridgehead atoms. The van der Waals surface area contributed by atoms with E-state index >= 15 is 0 Å². The van der Waals surface area contributed by atoms with Gasteiger partial charge < -0.3 is 14.0 Å². The SMILES string of the molecule is FC(F)(F)Oc1cccc(B(Oc2ccccc2)Oc2ccccc2)c1. The summed E-state index contributed by atoms with van der Waals surface area (Å²) < 4.78 is 53.1. The van der Waals surface area contributed by atoms with Gasteiger partial charge in [-0.3, -0.25) is 0 Å². The van der Waals surface area contributed by atoms with Crippen molar-refractivity contribution in [3.63, 3.8) is 0 Å². The van der Waals surface area contributed by atoms with Crippen LogP contribution in [0, 0.1) is 0 Å². The van der Waals surface area contributed by atoms with Crippen LogP contribution in [0.2, 0.25) is 0 Å². The Bertz CT molecular complexity index is 785. The Morgan fingerprint density at radius 3 is 1.62 bits per heavy atom. The highest BCUT2D eigenvalue weighted by Crippen LogP contribution is 2.22. The van der Waals surface area contributed by atoms with E-state index in [0.717, 1.165) is 0 Å². The van der Waals surface area contributed by atoms with E-state index < -0.39 is 13.5 Å². The Hall–Kier alpha value is -3.09. The molecule has 3 aromatic carbocycles. The molecule has 0 aromatic heterocycles. The monoisotopic (exact) mass is 358 g/mol. The Labute approximate surface area is 149 Å². The molecule has 3 rings (SSSR count). The Kier molecular flexibility index (Phi) is 5.36. The Morgan fingerprint density at radius 1 is 0.615 bits per heavy atom. The number of alkyl halides is 3. The molecule has 0 N–H and O–H groups in total. The van der Waals surface area contributed by atoms with Crippen molar-refractivity contribution in [2.45, 2.75) is 6.36 Å². The summed E-state index contributed by atoms with van der Waals surface area (Å²) in [5, 5.41) is 0. The summed E-state index contributed by atoms with van der Waals surface area (Å²) in [6.07, 6.45) is -4.77. The van der Waals surface area contributed by atoms with Gasteiger partial charge in [0.1, 0.15) is 17.2 Å². The summed E-state index contributed by atoms with van der Waals surface area (Å²) in [5.41, 5.74) is 0.388. The third-order valence-corrected chi connectivity index (χ3v) is 3.34. The normalized spacial score (nSPS) is 10.9. The molecule has 7 heteroatoms. The van der Waals surface area contributed by atoms with Crippen molar-refractivity contribution in [2.75, 3.05) is 0 Å². The Morgan fingerprint density at radius 2 is 1.12 bits per heavy atom. The largest absolute Gasteiger partial charge is 0.632 e. The summed E-state index contributed by atoms with van der Waals surface area (Å²) >= 11 is 0. The molecule has 0 spiro atoms. The van der Waals surface area contributed by atoms with E-state index in [1.54, 1.807) is 54.6 Å². The highest BCUT2D eigenvalue weighted by molar-refractivity contribution is 6.62. The fraction of sp³-hybridized carbons (Fsp3) is 0.0526. The smallest absolute Gasteiger partial charge is 0.522 e. The van der Waals surface area contributed by atoms with Crippen molar-refractivity contribution in [3.05, 3.63) is 84.9 Å². The Balaban J connectivity index is 1.88. The van der Waals surface area contributed by atoms with Gasteiger partial charge in [-0.15, -0.1) is 13.2 Å². The number of benzene rings is 3. The highest BCUT2D eigenvalue weighted by Gasteiger charge is 2.32. The lowest BCUT2D eigenvalue weighted by atomic mass is 9.78. The minimum Gasteiger partial charge on any atom is -0.522 e. The van der Waals surface area contributed by atoms with E-state index in [2.05, 4.69) is 4.74 Å². The van der Waals surface area contributed by atoms with Gasteiger partial charge in [0.15, 0.2) is 0 Å². The van der Waals surface area contributed by atoms with Gasteiger partial charge in [0.05, 0.1) is 0 Å². The maximum atomic E-state index is 12.5. The average Bonchev–Trinajstić information content (AvgIpc) is 2.62. The lowest BCUT2D eigenvalue weighted by molar-refractivity contribution is -0.274. The van der Waals surface area contributed by atoms with Gasteiger partial charge in [0.2, 0.25) is 0 Å². The third kappa shape index (κ3) is 5.21. The number of para-hydroxylation sites is 2. The van der Waals surface area contributed by atoms with Crippen LogP contribution >= 0.6 is 0 Å². The van der Waals surface area contributed by atoms with E-state index in [-0.39, 0.29) is 5.75 Å². The molecule has 0 saturated heterocycles. The number of hydrogen-bond acceptors (Lipinski definition) is 3. The van der Waals surface area contributed by atoms with Crippen LogP contribution in [0.25, 0.3) is 0 Å². The molecular formula is C19H14BF3O3. The van der Waals surface area contributed by atoms with Crippen molar-refractivity contribution in [2.24, 2.45) is 0 Å². The first kappa shape index (κ1) is 17.7. The molecule has 0 radical (unpaired) electrons. The molecule has 26 heavy (non-hydrogen) atoms. The zero-order valence-electron chi connectivity index (χ0n) is 13.5. The summed E-state index contributed by atoms with van der Waals surface area (Å²) in [6, 6.07) is 23.3. The predicted molar refractivity (Wildman–Crippen MR) is 92.7 cm³/mol. The van der Waals surface area contributed by atoms with Crippen molar-refractivity contribution in [1.82, 2.24) is 0 Å². The van der Waals surface area contributed by atoms with Crippen LogP contribution in [0.5, 0.6) is 17.2 Å². The van der Waals surface area contributed by atoms with Gasteiger partial charge in [0, 0.05) is 5.46 Å². The second-order valence-electron chi connectivity index (χ2n) is 5.31. The molecular weight excluding hydrogens is 344 g/mol. The fourth-order valence-electron chi connectivity index (χ4n) is 2.26. The van der Waals surface area contributed by atoms with E-state index in [1.807, 2.05) is 12.1 Å². The third-order valence-electron chi connectivity index (χ3n) is 3.34. The number of rotatable bonds is 6. The van der Waals surface area contributed by atoms with Crippen molar-refractivity contribution in [1.29, 1.82) is 0 Å². The molecule has 3 aromatic rings. The summed E-state index contributed by atoms with van der Waals surface area (Å²) in [6.45, 7) is 0. The van der Waals surface area contributed by atoms with Crippen LogP contribution in [0.1, 0.15) is 0 Å². The standard InChI is InChI=1S/C19H14BF3O3/c21-19(22,23)24-18-13-7-8-15(14-18)20(25-16-9-3-1-4-10-16)26-17-11-5-2-6-12-17/h1-14H. The van der Waals surface area contributed by atoms with Gasteiger partial charge >= 0.3 is 13.5 Å². The topological polar surface area (TPSA) is 27.7 Å². The van der Waals surface area contributed by atoms with Crippen LogP contribution in [-0.2, 0) is 0 Å².